The number of nitrogens with zero attached hydrogens (tertiary/aromatic N) is 3. The lowest BCUT2D eigenvalue weighted by molar-refractivity contribution is -0.133. The molecule has 1 saturated carbocycles. The fourth-order valence-electron chi connectivity index (χ4n) is 2.15. The zero-order valence-corrected chi connectivity index (χ0v) is 10.7. The van der Waals surface area contributed by atoms with E-state index < -0.39 is 5.97 Å². The maximum Gasteiger partial charge on any atom is 0.313 e. The summed E-state index contributed by atoms with van der Waals surface area (Å²) in [6, 6.07) is 0. The van der Waals surface area contributed by atoms with Gasteiger partial charge in [-0.25, -0.2) is 0 Å². The second-order valence-electron chi connectivity index (χ2n) is 4.67. The molecule has 1 aliphatic carbocycles. The Morgan fingerprint density at radius 2 is 2.41 bits per heavy atom. The molecule has 1 fully saturated rings. The number of aliphatic carboxylic acids is 1. The minimum Gasteiger partial charge on any atom is -0.481 e. The van der Waals surface area contributed by atoms with Crippen molar-refractivity contribution in [3.05, 3.63) is 6.33 Å². The first-order valence-electron chi connectivity index (χ1n) is 5.88. The van der Waals surface area contributed by atoms with Crippen LogP contribution in [0.5, 0.6) is 0 Å². The predicted octanol–water partition coefficient (Wildman–Crippen LogP) is 2.04. The lowest BCUT2D eigenvalue weighted by Crippen LogP contribution is -2.12. The van der Waals surface area contributed by atoms with Crippen molar-refractivity contribution in [2.75, 3.05) is 5.75 Å². The zero-order chi connectivity index (χ0) is 12.3. The molecule has 94 valence electrons. The van der Waals surface area contributed by atoms with Gasteiger partial charge >= 0.3 is 5.97 Å². The zero-order valence-electron chi connectivity index (χ0n) is 9.93. The molecule has 1 N–H and O–H groups in total. The third-order valence-corrected chi connectivity index (χ3v) is 4.11. The molecule has 0 aliphatic heterocycles. The van der Waals surface area contributed by atoms with Crippen LogP contribution in [0.1, 0.15) is 32.6 Å². The van der Waals surface area contributed by atoms with Crippen LogP contribution in [0.15, 0.2) is 11.5 Å². The summed E-state index contributed by atoms with van der Waals surface area (Å²) in [5, 5.41) is 17.2. The van der Waals surface area contributed by atoms with Crippen LogP contribution in [-0.4, -0.2) is 31.6 Å². The molecule has 0 saturated heterocycles. The standard InChI is InChI=1S/C11H17N3O2S/c1-2-3-11(4-5-11)7-14-8-12-13-10(14)17-6-9(15)16/h8H,2-7H2,1H3,(H,15,16). The lowest BCUT2D eigenvalue weighted by Gasteiger charge is -2.15. The summed E-state index contributed by atoms with van der Waals surface area (Å²) in [7, 11) is 0. The van der Waals surface area contributed by atoms with Crippen molar-refractivity contribution < 1.29 is 9.90 Å². The molecule has 0 amide bonds. The maximum absolute atomic E-state index is 10.5. The van der Waals surface area contributed by atoms with E-state index in [1.165, 1.54) is 37.4 Å². The van der Waals surface area contributed by atoms with Gasteiger partial charge in [-0.05, 0) is 24.7 Å². The molecule has 1 aliphatic rings. The Morgan fingerprint density at radius 1 is 1.65 bits per heavy atom. The highest BCUT2D eigenvalue weighted by atomic mass is 32.2. The molecule has 1 heterocycles. The molecule has 0 atom stereocenters. The summed E-state index contributed by atoms with van der Waals surface area (Å²) < 4.78 is 2.00. The second kappa shape index (κ2) is 5.08. The minimum atomic E-state index is -0.820. The smallest absolute Gasteiger partial charge is 0.313 e. The summed E-state index contributed by atoms with van der Waals surface area (Å²) in [5.41, 5.74) is 0.426. The molecular weight excluding hydrogens is 238 g/mol. The molecule has 1 aromatic heterocycles. The Balaban J connectivity index is 1.96. The highest BCUT2D eigenvalue weighted by Gasteiger charge is 2.42. The van der Waals surface area contributed by atoms with Gasteiger partial charge in [-0.2, -0.15) is 0 Å². The van der Waals surface area contributed by atoms with Gasteiger partial charge < -0.3 is 9.67 Å². The van der Waals surface area contributed by atoms with Crippen molar-refractivity contribution in [1.82, 2.24) is 14.8 Å². The van der Waals surface area contributed by atoms with Crippen molar-refractivity contribution in [2.45, 2.75) is 44.3 Å². The maximum atomic E-state index is 10.5. The van der Waals surface area contributed by atoms with Crippen LogP contribution in [0.4, 0.5) is 0 Å². The van der Waals surface area contributed by atoms with Gasteiger partial charge in [-0.1, -0.05) is 25.1 Å². The lowest BCUT2D eigenvalue weighted by atomic mass is 10.0. The molecule has 2 rings (SSSR count). The highest BCUT2D eigenvalue weighted by Crippen LogP contribution is 2.51. The second-order valence-corrected chi connectivity index (χ2v) is 5.62. The average Bonchev–Trinajstić information content (AvgIpc) is 2.88. The average molecular weight is 255 g/mol. The molecular formula is C11H17N3O2S. The summed E-state index contributed by atoms with van der Waals surface area (Å²) in [5.74, 6) is -0.779. The number of hydrogen-bond donors (Lipinski definition) is 1. The van der Waals surface area contributed by atoms with Crippen molar-refractivity contribution in [3.63, 3.8) is 0 Å². The Labute approximate surface area is 105 Å². The summed E-state index contributed by atoms with van der Waals surface area (Å²) in [4.78, 5) is 10.5. The van der Waals surface area contributed by atoms with Crippen LogP contribution >= 0.6 is 11.8 Å². The molecule has 0 bridgehead atoms. The first-order valence-corrected chi connectivity index (χ1v) is 6.86. The largest absolute Gasteiger partial charge is 0.481 e. The van der Waals surface area contributed by atoms with E-state index in [-0.39, 0.29) is 5.75 Å². The number of carboxylic acid groups (broad SMARTS) is 1. The van der Waals surface area contributed by atoms with Gasteiger partial charge in [0.15, 0.2) is 5.16 Å². The molecule has 0 aromatic carbocycles. The molecule has 0 radical (unpaired) electrons. The number of carbonyl (C=O) groups is 1. The van der Waals surface area contributed by atoms with E-state index in [4.69, 9.17) is 5.11 Å². The molecule has 17 heavy (non-hydrogen) atoms. The monoisotopic (exact) mass is 255 g/mol. The highest BCUT2D eigenvalue weighted by molar-refractivity contribution is 7.99. The molecule has 6 heteroatoms. The van der Waals surface area contributed by atoms with E-state index in [9.17, 15) is 4.79 Å². The molecule has 5 nitrogen and oxygen atoms in total. The van der Waals surface area contributed by atoms with Crippen molar-refractivity contribution in [3.8, 4) is 0 Å². The van der Waals surface area contributed by atoms with Crippen LogP contribution in [0.3, 0.4) is 0 Å². The summed E-state index contributed by atoms with van der Waals surface area (Å²) in [6.07, 6.45) is 6.66. The summed E-state index contributed by atoms with van der Waals surface area (Å²) >= 11 is 1.24. The number of rotatable bonds is 7. The Morgan fingerprint density at radius 3 is 3.00 bits per heavy atom. The number of hydrogen-bond acceptors (Lipinski definition) is 4. The van der Waals surface area contributed by atoms with Crippen molar-refractivity contribution >= 4 is 17.7 Å². The van der Waals surface area contributed by atoms with Gasteiger partial charge in [0.05, 0.1) is 5.75 Å². The first kappa shape index (κ1) is 12.4. The van der Waals surface area contributed by atoms with Crippen LogP contribution in [-0.2, 0) is 11.3 Å². The van der Waals surface area contributed by atoms with Gasteiger partial charge in [0.2, 0.25) is 0 Å². The van der Waals surface area contributed by atoms with Crippen LogP contribution in [0, 0.1) is 5.41 Å². The summed E-state index contributed by atoms with van der Waals surface area (Å²) in [6.45, 7) is 3.13. The minimum absolute atomic E-state index is 0.0411. The Bertz CT molecular complexity index is 401. The third kappa shape index (κ3) is 3.21. The SMILES string of the molecule is CCCC1(Cn2cnnc2SCC(=O)O)CC1. The van der Waals surface area contributed by atoms with E-state index in [1.807, 2.05) is 4.57 Å². The number of carboxylic acids is 1. The van der Waals surface area contributed by atoms with Crippen LogP contribution in [0.25, 0.3) is 0 Å². The van der Waals surface area contributed by atoms with E-state index in [2.05, 4.69) is 17.1 Å². The van der Waals surface area contributed by atoms with Crippen LogP contribution in [0.2, 0.25) is 0 Å². The van der Waals surface area contributed by atoms with Gasteiger partial charge in [0.25, 0.3) is 0 Å². The van der Waals surface area contributed by atoms with Gasteiger partial charge in [0, 0.05) is 6.54 Å². The molecule has 0 spiro atoms. The molecule has 1 aromatic rings. The first-order chi connectivity index (χ1) is 8.15. The van der Waals surface area contributed by atoms with Gasteiger partial charge in [0.1, 0.15) is 6.33 Å². The Kier molecular flexibility index (Phi) is 3.71. The predicted molar refractivity (Wildman–Crippen MR) is 65.0 cm³/mol. The normalized spacial score (nSPS) is 17.0. The van der Waals surface area contributed by atoms with Crippen molar-refractivity contribution in [1.29, 1.82) is 0 Å². The number of thioether (sulfide) groups is 1. The quantitative estimate of drug-likeness (QED) is 0.755. The van der Waals surface area contributed by atoms with Gasteiger partial charge in [-0.15, -0.1) is 10.2 Å². The topological polar surface area (TPSA) is 68.0 Å². The number of aromatic nitrogens is 3. The third-order valence-electron chi connectivity index (χ3n) is 3.15. The van der Waals surface area contributed by atoms with E-state index in [1.54, 1.807) is 6.33 Å². The fourth-order valence-corrected chi connectivity index (χ4v) is 2.78. The van der Waals surface area contributed by atoms with Crippen LogP contribution < -0.4 is 0 Å². The Hall–Kier alpha value is -1.04. The van der Waals surface area contributed by atoms with Gasteiger partial charge in [-0.3, -0.25) is 4.79 Å². The fraction of sp³-hybridized carbons (Fsp3) is 0.727. The molecule has 0 unspecified atom stereocenters. The van der Waals surface area contributed by atoms with E-state index in [0.29, 0.717) is 5.41 Å². The van der Waals surface area contributed by atoms with E-state index >= 15 is 0 Å². The van der Waals surface area contributed by atoms with Crippen molar-refractivity contribution in [2.24, 2.45) is 5.41 Å². The van der Waals surface area contributed by atoms with E-state index in [0.717, 1.165) is 11.7 Å².